The normalized spacial score (nSPS) is 20.8. The number of rotatable bonds is 7. The van der Waals surface area contributed by atoms with E-state index in [2.05, 4.69) is 5.32 Å². The molecule has 1 heterocycles. The van der Waals surface area contributed by atoms with Gasteiger partial charge in [0.25, 0.3) is 0 Å². The van der Waals surface area contributed by atoms with E-state index in [0.717, 1.165) is 4.90 Å². The van der Waals surface area contributed by atoms with Crippen LogP contribution in [0.4, 0.5) is 23.7 Å². The number of alkyl halides is 5. The minimum Gasteiger partial charge on any atom is -0.326 e. The van der Waals surface area contributed by atoms with Gasteiger partial charge < -0.3 is 15.1 Å². The smallest absolute Gasteiger partial charge is 0.326 e. The molecule has 1 saturated carbocycles. The summed E-state index contributed by atoms with van der Waals surface area (Å²) >= 11 is 31.0. The van der Waals surface area contributed by atoms with Gasteiger partial charge in [-0.25, -0.2) is 4.79 Å². The standard InChI is InChI=1S/C23H17Cl5F3N3O3/c24-12-5-11(6-13(25)7-12)18-19(23(18,27)28)20(36)32-14-1-2-16(26)15(8-14)17(35)9-33-3-4-34(21(33)37)10-22(29,30)31/h1-2,5-8,18-19H,3-4,9-10H2,(H,32,36). The molecule has 2 atom stereocenters. The molecule has 1 saturated heterocycles. The number of urea groups is 1. The Labute approximate surface area is 234 Å². The average molecular weight is 618 g/mol. The van der Waals surface area contributed by atoms with Crippen LogP contribution in [-0.2, 0) is 4.79 Å². The molecule has 198 valence electrons. The molecule has 14 heteroatoms. The van der Waals surface area contributed by atoms with Gasteiger partial charge in [0.15, 0.2) is 5.78 Å². The van der Waals surface area contributed by atoms with Crippen LogP contribution in [0, 0.1) is 5.92 Å². The minimum absolute atomic E-state index is 0.0153. The van der Waals surface area contributed by atoms with Crippen molar-refractivity contribution in [1.82, 2.24) is 9.80 Å². The average Bonchev–Trinajstić information content (AvgIpc) is 3.22. The number of nitrogens with zero attached hydrogens (tertiary/aromatic N) is 2. The van der Waals surface area contributed by atoms with Crippen LogP contribution in [0.5, 0.6) is 0 Å². The molecule has 2 aliphatic rings. The Morgan fingerprint density at radius 1 is 1.00 bits per heavy atom. The SMILES string of the molecule is O=C(CN1CCN(CC(F)(F)F)C1=O)c1cc(NC(=O)C2C(c3cc(Cl)cc(Cl)c3)C2(Cl)Cl)ccc1Cl. The van der Waals surface area contributed by atoms with Crippen molar-refractivity contribution in [2.24, 2.45) is 5.92 Å². The second-order valence-corrected chi connectivity index (χ2v) is 11.4. The Balaban J connectivity index is 1.44. The Morgan fingerprint density at radius 2 is 1.62 bits per heavy atom. The third kappa shape index (κ3) is 6.23. The molecular weight excluding hydrogens is 601 g/mol. The van der Waals surface area contributed by atoms with E-state index in [1.807, 2.05) is 0 Å². The van der Waals surface area contributed by atoms with Crippen molar-refractivity contribution in [3.05, 3.63) is 62.6 Å². The monoisotopic (exact) mass is 615 g/mol. The van der Waals surface area contributed by atoms with E-state index in [-0.39, 0.29) is 29.4 Å². The molecule has 37 heavy (non-hydrogen) atoms. The quantitative estimate of drug-likeness (QED) is 0.279. The number of hydrogen-bond acceptors (Lipinski definition) is 3. The van der Waals surface area contributed by atoms with Gasteiger partial charge in [-0.2, -0.15) is 13.2 Å². The summed E-state index contributed by atoms with van der Waals surface area (Å²) in [7, 11) is 0. The number of nitrogens with one attached hydrogen (secondary N) is 1. The van der Waals surface area contributed by atoms with Gasteiger partial charge in [-0.3, -0.25) is 9.59 Å². The van der Waals surface area contributed by atoms with E-state index >= 15 is 0 Å². The van der Waals surface area contributed by atoms with Crippen LogP contribution in [-0.4, -0.2) is 64.2 Å². The van der Waals surface area contributed by atoms with E-state index in [9.17, 15) is 27.6 Å². The van der Waals surface area contributed by atoms with Crippen LogP contribution >= 0.6 is 58.0 Å². The largest absolute Gasteiger partial charge is 0.406 e. The third-order valence-electron chi connectivity index (χ3n) is 6.00. The predicted octanol–water partition coefficient (Wildman–Crippen LogP) is 6.66. The van der Waals surface area contributed by atoms with Crippen molar-refractivity contribution in [2.75, 3.05) is 31.5 Å². The van der Waals surface area contributed by atoms with E-state index in [0.29, 0.717) is 20.5 Å². The topological polar surface area (TPSA) is 69.7 Å². The molecule has 0 radical (unpaired) electrons. The second kappa shape index (κ2) is 10.3. The number of carbonyl (C=O) groups excluding carboxylic acids is 3. The van der Waals surface area contributed by atoms with Crippen LogP contribution in [0.1, 0.15) is 21.8 Å². The molecule has 0 spiro atoms. The van der Waals surface area contributed by atoms with Crippen molar-refractivity contribution in [2.45, 2.75) is 16.4 Å². The van der Waals surface area contributed by atoms with Gasteiger partial charge in [-0.1, -0.05) is 34.8 Å². The lowest BCUT2D eigenvalue weighted by atomic mass is 10.1. The van der Waals surface area contributed by atoms with Crippen LogP contribution in [0.25, 0.3) is 0 Å². The van der Waals surface area contributed by atoms with Crippen LogP contribution in [0.2, 0.25) is 15.1 Å². The molecule has 0 aromatic heterocycles. The number of hydrogen-bond donors (Lipinski definition) is 1. The molecule has 6 nitrogen and oxygen atoms in total. The highest BCUT2D eigenvalue weighted by Gasteiger charge is 2.67. The highest BCUT2D eigenvalue weighted by molar-refractivity contribution is 6.53. The summed E-state index contributed by atoms with van der Waals surface area (Å²) < 4.78 is 36.5. The van der Waals surface area contributed by atoms with Gasteiger partial charge in [0.05, 0.1) is 17.5 Å². The number of carbonyl (C=O) groups is 3. The first-order chi connectivity index (χ1) is 17.2. The second-order valence-electron chi connectivity index (χ2n) is 8.68. The lowest BCUT2D eigenvalue weighted by molar-refractivity contribution is -0.138. The number of halogens is 8. The van der Waals surface area contributed by atoms with E-state index in [4.69, 9.17) is 58.0 Å². The maximum Gasteiger partial charge on any atom is 0.406 e. The highest BCUT2D eigenvalue weighted by Crippen LogP contribution is 2.65. The van der Waals surface area contributed by atoms with Crippen molar-refractivity contribution in [3.63, 3.8) is 0 Å². The van der Waals surface area contributed by atoms with Gasteiger partial charge >= 0.3 is 12.2 Å². The summed E-state index contributed by atoms with van der Waals surface area (Å²) in [6.45, 7) is -2.07. The molecule has 1 aliphatic carbocycles. The van der Waals surface area contributed by atoms with Crippen LogP contribution in [0.15, 0.2) is 36.4 Å². The number of ketones is 1. The van der Waals surface area contributed by atoms with Crippen LogP contribution < -0.4 is 5.32 Å². The fourth-order valence-electron chi connectivity index (χ4n) is 4.26. The highest BCUT2D eigenvalue weighted by atomic mass is 35.5. The number of anilines is 1. The van der Waals surface area contributed by atoms with Gasteiger partial charge in [0, 0.05) is 40.3 Å². The molecule has 1 N–H and O–H groups in total. The molecule has 3 amide bonds. The third-order valence-corrected chi connectivity index (χ3v) is 7.71. The summed E-state index contributed by atoms with van der Waals surface area (Å²) in [5, 5.41) is 3.41. The summed E-state index contributed by atoms with van der Waals surface area (Å²) in [6, 6.07) is 8.01. The minimum atomic E-state index is -4.55. The number of Topliss-reactive ketones (excluding diaryl/α,β-unsaturated/α-hetero) is 1. The lowest BCUT2D eigenvalue weighted by Gasteiger charge is -2.19. The van der Waals surface area contributed by atoms with Crippen molar-refractivity contribution < 1.29 is 27.6 Å². The summed E-state index contributed by atoms with van der Waals surface area (Å²) in [6.07, 6.45) is -4.55. The fraction of sp³-hybridized carbons (Fsp3) is 0.348. The first-order valence-electron chi connectivity index (χ1n) is 10.8. The van der Waals surface area contributed by atoms with E-state index in [1.54, 1.807) is 12.1 Å². The maximum absolute atomic E-state index is 13.0. The van der Waals surface area contributed by atoms with E-state index < -0.39 is 53.2 Å². The first kappa shape index (κ1) is 28.1. The summed E-state index contributed by atoms with van der Waals surface area (Å²) in [5.74, 6) is -2.56. The Hall–Kier alpha value is -1.91. The van der Waals surface area contributed by atoms with Gasteiger partial charge in [-0.05, 0) is 42.0 Å². The van der Waals surface area contributed by atoms with Crippen LogP contribution in [0.3, 0.4) is 0 Å². The molecule has 4 rings (SSSR count). The predicted molar refractivity (Wildman–Crippen MR) is 136 cm³/mol. The van der Waals surface area contributed by atoms with Crippen molar-refractivity contribution in [1.29, 1.82) is 0 Å². The zero-order chi connectivity index (χ0) is 27.3. The zero-order valence-corrected chi connectivity index (χ0v) is 22.4. The molecule has 0 bridgehead atoms. The Morgan fingerprint density at radius 3 is 2.24 bits per heavy atom. The molecule has 2 fully saturated rings. The van der Waals surface area contributed by atoms with Crippen molar-refractivity contribution in [3.8, 4) is 0 Å². The molecule has 1 aliphatic heterocycles. The number of benzene rings is 2. The Bertz CT molecular complexity index is 1250. The molecule has 2 unspecified atom stereocenters. The maximum atomic E-state index is 13.0. The van der Waals surface area contributed by atoms with Gasteiger partial charge in [0.1, 0.15) is 10.9 Å². The van der Waals surface area contributed by atoms with Gasteiger partial charge in [-0.15, -0.1) is 23.2 Å². The first-order valence-corrected chi connectivity index (χ1v) is 12.6. The summed E-state index contributed by atoms with van der Waals surface area (Å²) in [4.78, 5) is 39.7. The van der Waals surface area contributed by atoms with Crippen molar-refractivity contribution >= 4 is 81.4 Å². The lowest BCUT2D eigenvalue weighted by Crippen LogP contribution is -2.39. The molecule has 2 aromatic rings. The molecular formula is C23H17Cl5F3N3O3. The summed E-state index contributed by atoms with van der Waals surface area (Å²) in [5.41, 5.74) is 0.783. The zero-order valence-electron chi connectivity index (χ0n) is 18.6. The number of amides is 3. The van der Waals surface area contributed by atoms with E-state index in [1.165, 1.54) is 24.3 Å². The van der Waals surface area contributed by atoms with Gasteiger partial charge in [0.2, 0.25) is 5.91 Å². The molecule has 2 aromatic carbocycles. The fourth-order valence-corrected chi connectivity index (χ4v) is 5.85. The Kier molecular flexibility index (Phi) is 7.85.